The van der Waals surface area contributed by atoms with Crippen molar-refractivity contribution in [1.82, 2.24) is 4.90 Å². The van der Waals surface area contributed by atoms with Gasteiger partial charge in [-0.2, -0.15) is 0 Å². The van der Waals surface area contributed by atoms with E-state index in [1.807, 2.05) is 4.90 Å². The first kappa shape index (κ1) is 11.4. The molecule has 90 valence electrons. The number of carbonyl (C=O) groups excluding carboxylic acids is 1. The van der Waals surface area contributed by atoms with Crippen molar-refractivity contribution in [1.29, 1.82) is 0 Å². The van der Waals surface area contributed by atoms with Crippen LogP contribution in [-0.4, -0.2) is 40.5 Å². The van der Waals surface area contributed by atoms with Crippen LogP contribution in [0.3, 0.4) is 0 Å². The SMILES string of the molecule is NC(CC(=O)O)C(=O)N(CC1CC1)C1CC1. The second-order valence-electron chi connectivity index (χ2n) is 4.87. The number of nitrogens with zero attached hydrogens (tertiary/aromatic N) is 1. The summed E-state index contributed by atoms with van der Waals surface area (Å²) in [5.74, 6) is -0.568. The van der Waals surface area contributed by atoms with E-state index >= 15 is 0 Å². The van der Waals surface area contributed by atoms with Crippen molar-refractivity contribution >= 4 is 11.9 Å². The molecule has 2 aliphatic rings. The van der Waals surface area contributed by atoms with Crippen molar-refractivity contribution in [3.8, 4) is 0 Å². The Kier molecular flexibility index (Phi) is 3.14. The number of carboxylic acids is 1. The molecule has 5 heteroatoms. The van der Waals surface area contributed by atoms with Crippen LogP contribution < -0.4 is 5.73 Å². The van der Waals surface area contributed by atoms with Crippen LogP contribution in [0.1, 0.15) is 32.1 Å². The zero-order valence-corrected chi connectivity index (χ0v) is 9.26. The predicted octanol–water partition coefficient (Wildman–Crippen LogP) is 0.189. The van der Waals surface area contributed by atoms with E-state index in [0.717, 1.165) is 19.4 Å². The Hall–Kier alpha value is -1.10. The lowest BCUT2D eigenvalue weighted by Crippen LogP contribution is -2.46. The smallest absolute Gasteiger partial charge is 0.305 e. The lowest BCUT2D eigenvalue weighted by molar-refractivity contribution is -0.142. The highest BCUT2D eigenvalue weighted by atomic mass is 16.4. The summed E-state index contributed by atoms with van der Waals surface area (Å²) < 4.78 is 0. The van der Waals surface area contributed by atoms with E-state index in [4.69, 9.17) is 10.8 Å². The van der Waals surface area contributed by atoms with Gasteiger partial charge in [-0.15, -0.1) is 0 Å². The molecule has 0 saturated heterocycles. The molecule has 1 unspecified atom stereocenters. The minimum Gasteiger partial charge on any atom is -0.481 e. The molecule has 0 bridgehead atoms. The van der Waals surface area contributed by atoms with E-state index < -0.39 is 12.0 Å². The summed E-state index contributed by atoms with van der Waals surface area (Å²) in [5, 5.41) is 8.61. The summed E-state index contributed by atoms with van der Waals surface area (Å²) in [6, 6.07) is -0.551. The van der Waals surface area contributed by atoms with E-state index in [2.05, 4.69) is 0 Å². The first-order valence-corrected chi connectivity index (χ1v) is 5.85. The third kappa shape index (κ3) is 2.95. The quantitative estimate of drug-likeness (QED) is 0.677. The summed E-state index contributed by atoms with van der Waals surface area (Å²) in [5.41, 5.74) is 5.61. The number of carboxylic acid groups (broad SMARTS) is 1. The zero-order chi connectivity index (χ0) is 11.7. The van der Waals surface area contributed by atoms with Gasteiger partial charge in [0.2, 0.25) is 5.91 Å². The molecule has 1 amide bonds. The fraction of sp³-hybridized carbons (Fsp3) is 0.818. The molecule has 5 nitrogen and oxygen atoms in total. The normalized spacial score (nSPS) is 21.6. The molecule has 0 heterocycles. The lowest BCUT2D eigenvalue weighted by Gasteiger charge is -2.25. The molecule has 16 heavy (non-hydrogen) atoms. The van der Waals surface area contributed by atoms with Gasteiger partial charge in [0.05, 0.1) is 12.5 Å². The first-order valence-electron chi connectivity index (χ1n) is 5.85. The number of nitrogens with two attached hydrogens (primary N) is 1. The second kappa shape index (κ2) is 4.41. The molecule has 2 rings (SSSR count). The molecule has 0 aromatic rings. The summed E-state index contributed by atoms with van der Waals surface area (Å²) in [4.78, 5) is 24.3. The van der Waals surface area contributed by atoms with Crippen LogP contribution in [0.25, 0.3) is 0 Å². The Morgan fingerprint density at radius 3 is 2.38 bits per heavy atom. The third-order valence-corrected chi connectivity index (χ3v) is 3.13. The van der Waals surface area contributed by atoms with E-state index in [0.29, 0.717) is 12.0 Å². The van der Waals surface area contributed by atoms with Crippen LogP contribution in [0.5, 0.6) is 0 Å². The third-order valence-electron chi connectivity index (χ3n) is 3.13. The number of hydrogen-bond acceptors (Lipinski definition) is 3. The van der Waals surface area contributed by atoms with Gasteiger partial charge in [0.15, 0.2) is 0 Å². The van der Waals surface area contributed by atoms with E-state index in [-0.39, 0.29) is 12.3 Å². The molecule has 0 spiro atoms. The number of hydrogen-bond donors (Lipinski definition) is 2. The van der Waals surface area contributed by atoms with E-state index in [1.54, 1.807) is 0 Å². The molecule has 2 saturated carbocycles. The fourth-order valence-electron chi connectivity index (χ4n) is 1.87. The fourth-order valence-corrected chi connectivity index (χ4v) is 1.87. The maximum atomic E-state index is 12.0. The topological polar surface area (TPSA) is 83.6 Å². The van der Waals surface area contributed by atoms with Crippen LogP contribution in [0.15, 0.2) is 0 Å². The summed E-state index contributed by atoms with van der Waals surface area (Å²) >= 11 is 0. The first-order chi connectivity index (χ1) is 7.58. The molecule has 0 aromatic carbocycles. The average Bonchev–Trinajstić information content (AvgIpc) is 3.03. The van der Waals surface area contributed by atoms with Gasteiger partial charge in [0.25, 0.3) is 0 Å². The molecular formula is C11H18N2O3. The molecule has 0 aliphatic heterocycles. The maximum Gasteiger partial charge on any atom is 0.305 e. The Bertz CT molecular complexity index is 298. The minimum absolute atomic E-state index is 0.184. The van der Waals surface area contributed by atoms with Crippen molar-refractivity contribution in [3.63, 3.8) is 0 Å². The minimum atomic E-state index is -1.01. The molecule has 3 N–H and O–H groups in total. The highest BCUT2D eigenvalue weighted by Crippen LogP contribution is 2.35. The number of rotatable bonds is 6. The molecule has 0 aromatic heterocycles. The van der Waals surface area contributed by atoms with Gasteiger partial charge in [-0.1, -0.05) is 0 Å². The lowest BCUT2D eigenvalue weighted by atomic mass is 10.2. The van der Waals surface area contributed by atoms with Crippen molar-refractivity contribution in [2.45, 2.75) is 44.2 Å². The molecule has 2 fully saturated rings. The van der Waals surface area contributed by atoms with Crippen molar-refractivity contribution < 1.29 is 14.7 Å². The van der Waals surface area contributed by atoms with Gasteiger partial charge in [0.1, 0.15) is 0 Å². The van der Waals surface area contributed by atoms with Crippen LogP contribution in [-0.2, 0) is 9.59 Å². The summed E-state index contributed by atoms with van der Waals surface area (Å²) in [6.07, 6.45) is 4.18. The molecular weight excluding hydrogens is 208 g/mol. The zero-order valence-electron chi connectivity index (χ0n) is 9.26. The van der Waals surface area contributed by atoms with Gasteiger partial charge >= 0.3 is 5.97 Å². The van der Waals surface area contributed by atoms with Crippen LogP contribution in [0.2, 0.25) is 0 Å². The van der Waals surface area contributed by atoms with Gasteiger partial charge in [-0.3, -0.25) is 9.59 Å². The summed E-state index contributed by atoms with van der Waals surface area (Å²) in [6.45, 7) is 0.775. The predicted molar refractivity (Wildman–Crippen MR) is 57.7 cm³/mol. The van der Waals surface area contributed by atoms with Gasteiger partial charge in [-0.05, 0) is 31.6 Å². The van der Waals surface area contributed by atoms with Crippen molar-refractivity contribution in [2.75, 3.05) is 6.54 Å². The standard InChI is InChI=1S/C11H18N2O3/c12-9(5-10(14)15)11(16)13(8-3-4-8)6-7-1-2-7/h7-9H,1-6,12H2,(H,14,15). The van der Waals surface area contributed by atoms with Gasteiger partial charge in [0, 0.05) is 12.6 Å². The largest absolute Gasteiger partial charge is 0.481 e. The Morgan fingerprint density at radius 1 is 1.31 bits per heavy atom. The molecule has 0 radical (unpaired) electrons. The van der Waals surface area contributed by atoms with E-state index in [1.165, 1.54) is 12.8 Å². The molecule has 2 aliphatic carbocycles. The highest BCUT2D eigenvalue weighted by Gasteiger charge is 2.38. The van der Waals surface area contributed by atoms with E-state index in [9.17, 15) is 9.59 Å². The van der Waals surface area contributed by atoms with Gasteiger partial charge in [-0.25, -0.2) is 0 Å². The van der Waals surface area contributed by atoms with Crippen LogP contribution in [0.4, 0.5) is 0 Å². The monoisotopic (exact) mass is 226 g/mol. The highest BCUT2D eigenvalue weighted by molar-refractivity contribution is 5.86. The van der Waals surface area contributed by atoms with Crippen molar-refractivity contribution in [3.05, 3.63) is 0 Å². The maximum absolute atomic E-state index is 12.0. The summed E-state index contributed by atoms with van der Waals surface area (Å²) in [7, 11) is 0. The van der Waals surface area contributed by atoms with Crippen molar-refractivity contribution in [2.24, 2.45) is 11.7 Å². The number of aliphatic carboxylic acids is 1. The second-order valence-corrected chi connectivity index (χ2v) is 4.87. The van der Waals surface area contributed by atoms with Crippen LogP contribution >= 0.6 is 0 Å². The Morgan fingerprint density at radius 2 is 1.94 bits per heavy atom. The van der Waals surface area contributed by atoms with Gasteiger partial charge < -0.3 is 15.7 Å². The molecule has 1 atom stereocenters. The average molecular weight is 226 g/mol. The number of amides is 1. The number of carbonyl (C=O) groups is 2. The van der Waals surface area contributed by atoms with Crippen LogP contribution in [0, 0.1) is 5.92 Å². The Balaban J connectivity index is 1.89. The Labute approximate surface area is 94.6 Å².